The molecule has 1 saturated heterocycles. The zero-order valence-electron chi connectivity index (χ0n) is 17.0. The van der Waals surface area contributed by atoms with Crippen molar-refractivity contribution in [3.8, 4) is 0 Å². The predicted molar refractivity (Wildman–Crippen MR) is 122 cm³/mol. The molecule has 0 aliphatic carbocycles. The van der Waals surface area contributed by atoms with E-state index in [0.29, 0.717) is 34.8 Å². The minimum Gasteiger partial charge on any atom is -0.338 e. The van der Waals surface area contributed by atoms with Gasteiger partial charge >= 0.3 is 0 Å². The first-order valence-corrected chi connectivity index (χ1v) is 11.1. The Morgan fingerprint density at radius 1 is 0.903 bits per heavy atom. The highest BCUT2D eigenvalue weighted by molar-refractivity contribution is 7.12. The monoisotopic (exact) mass is 433 g/mol. The number of likely N-dealkylation sites (tertiary alicyclic amines) is 1. The van der Waals surface area contributed by atoms with Crippen molar-refractivity contribution in [1.82, 2.24) is 4.90 Å². The number of nitrogens with zero attached hydrogens (tertiary/aromatic N) is 1. The van der Waals surface area contributed by atoms with Gasteiger partial charge in [-0.3, -0.25) is 14.4 Å². The van der Waals surface area contributed by atoms with Gasteiger partial charge in [-0.25, -0.2) is 0 Å². The van der Waals surface area contributed by atoms with E-state index in [4.69, 9.17) is 0 Å². The lowest BCUT2D eigenvalue weighted by Crippen LogP contribution is -2.34. The summed E-state index contributed by atoms with van der Waals surface area (Å²) in [7, 11) is 0. The van der Waals surface area contributed by atoms with Crippen LogP contribution in [0.3, 0.4) is 0 Å². The maximum Gasteiger partial charge on any atom is 0.265 e. The highest BCUT2D eigenvalue weighted by Gasteiger charge is 2.18. The lowest BCUT2D eigenvalue weighted by Gasteiger charge is -2.26. The lowest BCUT2D eigenvalue weighted by molar-refractivity contribution is -0.133. The van der Waals surface area contributed by atoms with Crippen LogP contribution >= 0.6 is 11.3 Å². The smallest absolute Gasteiger partial charge is 0.265 e. The fourth-order valence-corrected chi connectivity index (χ4v) is 4.12. The van der Waals surface area contributed by atoms with Gasteiger partial charge in [-0.15, -0.1) is 11.3 Å². The van der Waals surface area contributed by atoms with Crippen molar-refractivity contribution in [3.63, 3.8) is 0 Å². The Labute approximate surface area is 184 Å². The summed E-state index contributed by atoms with van der Waals surface area (Å²) in [5.41, 5.74) is 2.79. The Morgan fingerprint density at radius 3 is 2.45 bits per heavy atom. The second-order valence-corrected chi connectivity index (χ2v) is 8.38. The summed E-state index contributed by atoms with van der Waals surface area (Å²) in [6.45, 7) is 1.34. The molecule has 4 rings (SSSR count). The number of anilines is 2. The van der Waals surface area contributed by atoms with Gasteiger partial charge in [-0.2, -0.15) is 0 Å². The van der Waals surface area contributed by atoms with Gasteiger partial charge < -0.3 is 15.5 Å². The topological polar surface area (TPSA) is 78.5 Å². The van der Waals surface area contributed by atoms with Crippen LogP contribution in [-0.2, 0) is 11.3 Å². The van der Waals surface area contributed by atoms with Crippen molar-refractivity contribution >= 4 is 40.4 Å². The molecule has 31 heavy (non-hydrogen) atoms. The predicted octanol–water partition coefficient (Wildman–Crippen LogP) is 4.77. The van der Waals surface area contributed by atoms with Crippen molar-refractivity contribution in [2.45, 2.75) is 25.8 Å². The number of hydrogen-bond donors (Lipinski definition) is 2. The summed E-state index contributed by atoms with van der Waals surface area (Å²) in [6, 6.07) is 17.9. The third-order valence-corrected chi connectivity index (χ3v) is 6.00. The molecule has 0 atom stereocenters. The molecule has 0 bridgehead atoms. The number of amides is 3. The molecule has 1 aliphatic rings. The highest BCUT2D eigenvalue weighted by atomic mass is 32.1. The van der Waals surface area contributed by atoms with E-state index in [-0.39, 0.29) is 17.7 Å². The van der Waals surface area contributed by atoms with Gasteiger partial charge in [0.15, 0.2) is 0 Å². The van der Waals surface area contributed by atoms with E-state index in [1.807, 2.05) is 40.6 Å². The fourth-order valence-electron chi connectivity index (χ4n) is 3.51. The Hall–Kier alpha value is -3.45. The summed E-state index contributed by atoms with van der Waals surface area (Å²) in [5, 5.41) is 7.57. The molecular weight excluding hydrogens is 410 g/mol. The van der Waals surface area contributed by atoms with E-state index >= 15 is 0 Å². The van der Waals surface area contributed by atoms with Crippen molar-refractivity contribution in [2.24, 2.45) is 0 Å². The Bertz CT molecular complexity index is 1080. The maximum absolute atomic E-state index is 12.6. The molecule has 0 spiro atoms. The van der Waals surface area contributed by atoms with Crippen LogP contribution in [0.4, 0.5) is 11.4 Å². The van der Waals surface area contributed by atoms with Crippen molar-refractivity contribution < 1.29 is 14.4 Å². The van der Waals surface area contributed by atoms with E-state index in [2.05, 4.69) is 10.6 Å². The summed E-state index contributed by atoms with van der Waals surface area (Å²) in [5.74, 6) is -0.217. The third-order valence-electron chi connectivity index (χ3n) is 5.13. The Balaban J connectivity index is 1.36. The molecule has 0 saturated carbocycles. The number of carbonyl (C=O) groups is 3. The Morgan fingerprint density at radius 2 is 1.71 bits per heavy atom. The van der Waals surface area contributed by atoms with Gasteiger partial charge in [0.25, 0.3) is 11.8 Å². The first-order chi connectivity index (χ1) is 15.1. The highest BCUT2D eigenvalue weighted by Crippen LogP contribution is 2.19. The van der Waals surface area contributed by atoms with Crippen molar-refractivity contribution in [3.05, 3.63) is 82.0 Å². The van der Waals surface area contributed by atoms with Gasteiger partial charge in [0, 0.05) is 36.4 Å². The van der Waals surface area contributed by atoms with E-state index in [9.17, 15) is 14.4 Å². The largest absolute Gasteiger partial charge is 0.338 e. The quantitative estimate of drug-likeness (QED) is 0.588. The third kappa shape index (κ3) is 5.38. The molecule has 2 heterocycles. The molecule has 0 radical (unpaired) electrons. The molecule has 3 aromatic rings. The second kappa shape index (κ2) is 9.57. The van der Waals surface area contributed by atoms with E-state index < -0.39 is 0 Å². The van der Waals surface area contributed by atoms with Gasteiger partial charge in [-0.05, 0) is 66.2 Å². The number of hydrogen-bond acceptors (Lipinski definition) is 4. The van der Waals surface area contributed by atoms with E-state index in [0.717, 1.165) is 24.9 Å². The molecule has 7 heteroatoms. The first kappa shape index (κ1) is 20.8. The zero-order chi connectivity index (χ0) is 21.6. The number of nitrogens with one attached hydrogen (secondary N) is 2. The molecular formula is C24H23N3O3S. The molecule has 2 aromatic carbocycles. The maximum atomic E-state index is 12.6. The van der Waals surface area contributed by atoms with Gasteiger partial charge in [-0.1, -0.05) is 18.2 Å². The normalized spacial score (nSPS) is 13.7. The summed E-state index contributed by atoms with van der Waals surface area (Å²) in [6.07, 6.45) is 2.61. The minimum absolute atomic E-state index is 0.170. The fraction of sp³-hybridized carbons (Fsp3) is 0.208. The van der Waals surface area contributed by atoms with Gasteiger partial charge in [0.2, 0.25) is 5.91 Å². The van der Waals surface area contributed by atoms with E-state index in [1.54, 1.807) is 30.3 Å². The van der Waals surface area contributed by atoms with E-state index in [1.165, 1.54) is 11.3 Å². The molecule has 0 unspecified atom stereocenters. The summed E-state index contributed by atoms with van der Waals surface area (Å²) < 4.78 is 0. The van der Waals surface area contributed by atoms with Crippen LogP contribution in [0.15, 0.2) is 66.0 Å². The molecule has 158 valence electrons. The SMILES string of the molecule is O=C(Nc1cccc(CN2CCCCC2=O)c1)c1ccc(NC(=O)c2cccs2)cc1. The summed E-state index contributed by atoms with van der Waals surface area (Å²) >= 11 is 1.37. The molecule has 2 N–H and O–H groups in total. The number of piperidine rings is 1. The van der Waals surface area contributed by atoms with Crippen molar-refractivity contribution in [2.75, 3.05) is 17.2 Å². The lowest BCUT2D eigenvalue weighted by atomic mass is 10.1. The molecule has 1 aromatic heterocycles. The average molecular weight is 434 g/mol. The van der Waals surface area contributed by atoms with Crippen LogP contribution in [0.25, 0.3) is 0 Å². The van der Waals surface area contributed by atoms with Crippen molar-refractivity contribution in [1.29, 1.82) is 0 Å². The van der Waals surface area contributed by atoms with Crippen LogP contribution in [0.1, 0.15) is 44.9 Å². The molecule has 3 amide bonds. The van der Waals surface area contributed by atoms with Crippen LogP contribution in [0.2, 0.25) is 0 Å². The van der Waals surface area contributed by atoms with Crippen LogP contribution < -0.4 is 10.6 Å². The summed E-state index contributed by atoms with van der Waals surface area (Å²) in [4.78, 5) is 39.3. The standard InChI is InChI=1S/C24H23N3O3S/c28-22-8-1-2-13-27(22)16-17-5-3-6-20(15-17)26-23(29)18-9-11-19(12-10-18)25-24(30)21-7-4-14-31-21/h3-7,9-12,14-15H,1-2,8,13,16H2,(H,25,30)(H,26,29). The number of rotatable bonds is 6. The molecule has 1 fully saturated rings. The minimum atomic E-state index is -0.234. The number of thiophene rings is 1. The van der Waals surface area contributed by atoms with Gasteiger partial charge in [0.05, 0.1) is 4.88 Å². The number of benzene rings is 2. The average Bonchev–Trinajstić information content (AvgIpc) is 3.31. The Kier molecular flexibility index (Phi) is 6.43. The van der Waals surface area contributed by atoms with Crippen LogP contribution in [-0.4, -0.2) is 29.2 Å². The molecule has 1 aliphatic heterocycles. The second-order valence-electron chi connectivity index (χ2n) is 7.44. The molecule has 6 nitrogen and oxygen atoms in total. The zero-order valence-corrected chi connectivity index (χ0v) is 17.8. The van der Waals surface area contributed by atoms with Crippen LogP contribution in [0, 0.1) is 0 Å². The number of carbonyl (C=O) groups excluding carboxylic acids is 3. The first-order valence-electron chi connectivity index (χ1n) is 10.2. The van der Waals surface area contributed by atoms with Crippen LogP contribution in [0.5, 0.6) is 0 Å². The van der Waals surface area contributed by atoms with Gasteiger partial charge in [0.1, 0.15) is 0 Å².